The minimum Gasteiger partial charge on any atom is -0.466 e. The lowest BCUT2D eigenvalue weighted by Crippen LogP contribution is -2.26. The van der Waals surface area contributed by atoms with E-state index in [4.69, 9.17) is 8.94 Å². The van der Waals surface area contributed by atoms with E-state index in [0.29, 0.717) is 34.6 Å². The van der Waals surface area contributed by atoms with Gasteiger partial charge in [-0.05, 0) is 51.5 Å². The molecular formula is C23H24N4O3. The molecule has 0 radical (unpaired) electrons. The second-order valence-electron chi connectivity index (χ2n) is 7.23. The van der Waals surface area contributed by atoms with E-state index in [1.807, 2.05) is 50.2 Å². The van der Waals surface area contributed by atoms with E-state index in [0.717, 1.165) is 35.7 Å². The summed E-state index contributed by atoms with van der Waals surface area (Å²) in [6, 6.07) is 13.7. The number of aromatic nitrogens is 2. The number of amides is 1. The van der Waals surface area contributed by atoms with E-state index >= 15 is 0 Å². The van der Waals surface area contributed by atoms with Gasteiger partial charge in [0.15, 0.2) is 0 Å². The Morgan fingerprint density at radius 1 is 1.07 bits per heavy atom. The van der Waals surface area contributed by atoms with Gasteiger partial charge in [0.1, 0.15) is 11.5 Å². The monoisotopic (exact) mass is 404 g/mol. The molecule has 1 amide bonds. The maximum atomic E-state index is 13.0. The molecule has 4 rings (SSSR count). The molecule has 0 spiro atoms. The predicted molar refractivity (Wildman–Crippen MR) is 116 cm³/mol. The van der Waals surface area contributed by atoms with Crippen LogP contribution in [0.2, 0.25) is 0 Å². The summed E-state index contributed by atoms with van der Waals surface area (Å²) in [5, 5.41) is 11.0. The number of hydrogen-bond donors (Lipinski definition) is 2. The molecule has 30 heavy (non-hydrogen) atoms. The van der Waals surface area contributed by atoms with Crippen LogP contribution in [-0.2, 0) is 0 Å². The molecule has 7 heteroatoms. The minimum absolute atomic E-state index is 0.174. The van der Waals surface area contributed by atoms with Crippen LogP contribution in [0.15, 0.2) is 51.4 Å². The zero-order chi connectivity index (χ0) is 21.1. The molecule has 0 aliphatic carbocycles. The standard InChI is InChI=1S/C23H24N4O3/c1-14-12-18(16(3)29-14)20-13-19(21-15(2)27-30-23(21)26-20)22(28)25-11-7-10-24-17-8-5-4-6-9-17/h4-6,8-9,12-13,24H,7,10-11H2,1-3H3,(H,25,28). The highest BCUT2D eigenvalue weighted by molar-refractivity contribution is 6.07. The fraction of sp³-hybridized carbons (Fsp3) is 0.261. The van der Waals surface area contributed by atoms with Gasteiger partial charge in [-0.1, -0.05) is 23.4 Å². The highest BCUT2D eigenvalue weighted by atomic mass is 16.5. The van der Waals surface area contributed by atoms with Crippen molar-refractivity contribution >= 4 is 22.7 Å². The number of pyridine rings is 1. The summed E-state index contributed by atoms with van der Waals surface area (Å²) in [6.07, 6.45) is 0.796. The Balaban J connectivity index is 1.50. The van der Waals surface area contributed by atoms with Crippen molar-refractivity contribution in [2.24, 2.45) is 0 Å². The van der Waals surface area contributed by atoms with E-state index < -0.39 is 0 Å². The fourth-order valence-corrected chi connectivity index (χ4v) is 3.47. The number of carbonyl (C=O) groups excluding carboxylic acids is 1. The number of furan rings is 1. The molecule has 154 valence electrons. The number of fused-ring (bicyclic) bond motifs is 1. The zero-order valence-electron chi connectivity index (χ0n) is 17.3. The average Bonchev–Trinajstić information content (AvgIpc) is 3.29. The van der Waals surface area contributed by atoms with Crippen LogP contribution < -0.4 is 10.6 Å². The minimum atomic E-state index is -0.174. The van der Waals surface area contributed by atoms with Crippen molar-refractivity contribution < 1.29 is 13.7 Å². The molecule has 0 unspecified atom stereocenters. The Morgan fingerprint density at radius 3 is 2.60 bits per heavy atom. The predicted octanol–water partition coefficient (Wildman–Crippen LogP) is 4.64. The van der Waals surface area contributed by atoms with Crippen molar-refractivity contribution in [1.82, 2.24) is 15.5 Å². The van der Waals surface area contributed by atoms with Crippen molar-refractivity contribution in [3.63, 3.8) is 0 Å². The van der Waals surface area contributed by atoms with Crippen molar-refractivity contribution in [2.75, 3.05) is 18.4 Å². The fourth-order valence-electron chi connectivity index (χ4n) is 3.47. The summed E-state index contributed by atoms with van der Waals surface area (Å²) in [7, 11) is 0. The molecule has 7 nitrogen and oxygen atoms in total. The number of hydrogen-bond acceptors (Lipinski definition) is 6. The van der Waals surface area contributed by atoms with Crippen molar-refractivity contribution in [1.29, 1.82) is 0 Å². The lowest BCUT2D eigenvalue weighted by atomic mass is 10.1. The number of nitrogens with zero attached hydrogens (tertiary/aromatic N) is 2. The van der Waals surface area contributed by atoms with Gasteiger partial charge < -0.3 is 19.6 Å². The number of carbonyl (C=O) groups is 1. The molecule has 0 saturated carbocycles. The first-order valence-electron chi connectivity index (χ1n) is 9.94. The second-order valence-corrected chi connectivity index (χ2v) is 7.23. The Bertz CT molecular complexity index is 1180. The first-order chi connectivity index (χ1) is 14.5. The van der Waals surface area contributed by atoms with Crippen LogP contribution in [0.1, 0.15) is 34.0 Å². The molecular weight excluding hydrogens is 380 g/mol. The highest BCUT2D eigenvalue weighted by Crippen LogP contribution is 2.30. The van der Waals surface area contributed by atoms with E-state index in [2.05, 4.69) is 20.8 Å². The van der Waals surface area contributed by atoms with Gasteiger partial charge in [0, 0.05) is 24.3 Å². The Labute approximate surface area is 174 Å². The molecule has 2 N–H and O–H groups in total. The summed E-state index contributed by atoms with van der Waals surface area (Å²) < 4.78 is 11.0. The highest BCUT2D eigenvalue weighted by Gasteiger charge is 2.20. The van der Waals surface area contributed by atoms with Crippen LogP contribution in [0.3, 0.4) is 0 Å². The first kappa shape index (κ1) is 19.7. The Morgan fingerprint density at radius 2 is 1.87 bits per heavy atom. The third-order valence-electron chi connectivity index (χ3n) is 4.92. The van der Waals surface area contributed by atoms with Crippen molar-refractivity contribution in [2.45, 2.75) is 27.2 Å². The molecule has 0 atom stereocenters. The number of nitrogens with one attached hydrogen (secondary N) is 2. The summed E-state index contributed by atoms with van der Waals surface area (Å²) in [4.78, 5) is 17.5. The largest absolute Gasteiger partial charge is 0.466 e. The van der Waals surface area contributed by atoms with Gasteiger partial charge in [0.25, 0.3) is 11.6 Å². The number of aryl methyl sites for hydroxylation is 3. The topological polar surface area (TPSA) is 93.2 Å². The zero-order valence-corrected chi connectivity index (χ0v) is 17.3. The lowest BCUT2D eigenvalue weighted by molar-refractivity contribution is 0.0955. The maximum Gasteiger partial charge on any atom is 0.259 e. The lowest BCUT2D eigenvalue weighted by Gasteiger charge is -2.09. The van der Waals surface area contributed by atoms with Gasteiger partial charge in [-0.2, -0.15) is 0 Å². The van der Waals surface area contributed by atoms with Crippen LogP contribution in [0.25, 0.3) is 22.4 Å². The van der Waals surface area contributed by atoms with Crippen molar-refractivity contribution in [3.8, 4) is 11.3 Å². The van der Waals surface area contributed by atoms with Gasteiger partial charge in [-0.3, -0.25) is 4.79 Å². The smallest absolute Gasteiger partial charge is 0.259 e. The SMILES string of the molecule is Cc1cc(-c2cc(C(=O)NCCCNc3ccccc3)c3c(C)noc3n2)c(C)o1. The number of rotatable bonds is 7. The molecule has 1 aromatic carbocycles. The van der Waals surface area contributed by atoms with E-state index in [1.54, 1.807) is 13.0 Å². The summed E-state index contributed by atoms with van der Waals surface area (Å²) in [5.74, 6) is 1.36. The van der Waals surface area contributed by atoms with Crippen LogP contribution in [0, 0.1) is 20.8 Å². The normalized spacial score (nSPS) is 11.0. The molecule has 0 bridgehead atoms. The molecule has 3 aromatic heterocycles. The Hall–Kier alpha value is -3.61. The van der Waals surface area contributed by atoms with Crippen LogP contribution >= 0.6 is 0 Å². The van der Waals surface area contributed by atoms with E-state index in [-0.39, 0.29) is 5.91 Å². The summed E-state index contributed by atoms with van der Waals surface area (Å²) in [5.41, 5.74) is 4.02. The maximum absolute atomic E-state index is 13.0. The van der Waals surface area contributed by atoms with Gasteiger partial charge in [-0.15, -0.1) is 0 Å². The second kappa shape index (κ2) is 8.41. The van der Waals surface area contributed by atoms with Gasteiger partial charge in [0.2, 0.25) is 0 Å². The third-order valence-corrected chi connectivity index (χ3v) is 4.92. The summed E-state index contributed by atoms with van der Waals surface area (Å²) in [6.45, 7) is 6.87. The number of para-hydroxylation sites is 1. The van der Waals surface area contributed by atoms with Crippen LogP contribution in [-0.4, -0.2) is 29.1 Å². The first-order valence-corrected chi connectivity index (χ1v) is 9.94. The molecule has 0 fully saturated rings. The number of anilines is 1. The molecule has 4 aromatic rings. The molecule has 0 saturated heterocycles. The van der Waals surface area contributed by atoms with E-state index in [1.165, 1.54) is 0 Å². The van der Waals surface area contributed by atoms with E-state index in [9.17, 15) is 4.79 Å². The quantitative estimate of drug-likeness (QED) is 0.436. The Kier molecular flexibility index (Phi) is 5.52. The van der Waals surface area contributed by atoms with Crippen molar-refractivity contribution in [3.05, 3.63) is 65.2 Å². The van der Waals surface area contributed by atoms with Gasteiger partial charge in [-0.25, -0.2) is 4.98 Å². The summed E-state index contributed by atoms with van der Waals surface area (Å²) >= 11 is 0. The van der Waals surface area contributed by atoms with Gasteiger partial charge >= 0.3 is 0 Å². The van der Waals surface area contributed by atoms with Gasteiger partial charge in [0.05, 0.1) is 22.3 Å². The average molecular weight is 404 g/mol. The third kappa shape index (κ3) is 4.05. The molecule has 0 aliphatic rings. The van der Waals surface area contributed by atoms with Crippen LogP contribution in [0.5, 0.6) is 0 Å². The molecule has 0 aliphatic heterocycles. The molecule has 3 heterocycles. The van der Waals surface area contributed by atoms with Crippen LogP contribution in [0.4, 0.5) is 5.69 Å². The number of benzene rings is 1.